The Morgan fingerprint density at radius 2 is 1.45 bits per heavy atom. The molecular weight excluding hydrogens is 410 g/mol. The van der Waals surface area contributed by atoms with Gasteiger partial charge in [-0.15, -0.1) is 0 Å². The Morgan fingerprint density at radius 1 is 0.758 bits per heavy atom. The molecule has 5 rings (SSSR count). The van der Waals surface area contributed by atoms with Crippen molar-refractivity contribution in [2.75, 3.05) is 37.6 Å². The number of aromatic nitrogens is 3. The van der Waals surface area contributed by atoms with Crippen LogP contribution >= 0.6 is 0 Å². The fourth-order valence-corrected chi connectivity index (χ4v) is 4.54. The lowest BCUT2D eigenvalue weighted by atomic mass is 10.1. The number of benzene rings is 2. The largest absolute Gasteiger partial charge is 0.354 e. The topological polar surface area (TPSA) is 46.3 Å². The number of pyridine rings is 1. The first kappa shape index (κ1) is 21.2. The van der Waals surface area contributed by atoms with E-state index in [1.165, 1.54) is 0 Å². The van der Waals surface area contributed by atoms with E-state index in [1.807, 2.05) is 59.4 Å². The number of anilines is 1. The van der Waals surface area contributed by atoms with E-state index in [0.717, 1.165) is 61.9 Å². The normalized spacial score (nSPS) is 14.5. The third kappa shape index (κ3) is 4.76. The highest BCUT2D eigenvalue weighted by molar-refractivity contribution is 5.61. The zero-order chi connectivity index (χ0) is 22.5. The summed E-state index contributed by atoms with van der Waals surface area (Å²) < 4.78 is 3.94. The summed E-state index contributed by atoms with van der Waals surface area (Å²) in [4.78, 5) is 22.3. The molecule has 0 unspecified atom stereocenters. The van der Waals surface area contributed by atoms with Gasteiger partial charge in [-0.05, 0) is 30.7 Å². The van der Waals surface area contributed by atoms with Crippen molar-refractivity contribution in [2.24, 2.45) is 0 Å². The molecule has 168 valence electrons. The van der Waals surface area contributed by atoms with Crippen LogP contribution in [0.15, 0.2) is 95.9 Å². The van der Waals surface area contributed by atoms with E-state index in [2.05, 4.69) is 49.8 Å². The maximum Gasteiger partial charge on any atom is 0.267 e. The standard InChI is InChI=1S/C27H29N5O/c33-27-22-25(23-10-3-1-4-11-23)32(24-12-5-2-6-13-24)31(27)17-9-16-29-18-20-30(21-19-29)26-14-7-8-15-28-26/h1-8,10-15,22H,9,16-21H2. The fraction of sp³-hybridized carbons (Fsp3) is 0.259. The van der Waals surface area contributed by atoms with Crippen LogP contribution in [0.5, 0.6) is 0 Å². The minimum Gasteiger partial charge on any atom is -0.354 e. The van der Waals surface area contributed by atoms with Gasteiger partial charge < -0.3 is 4.90 Å². The maximum atomic E-state index is 13.0. The SMILES string of the molecule is O=c1cc(-c2ccccc2)n(-c2ccccc2)n1CCCN1CCN(c2ccccn2)CC1. The van der Waals surface area contributed by atoms with Crippen molar-refractivity contribution in [3.8, 4) is 16.9 Å². The molecule has 0 atom stereocenters. The lowest BCUT2D eigenvalue weighted by Crippen LogP contribution is -2.47. The lowest BCUT2D eigenvalue weighted by Gasteiger charge is -2.35. The van der Waals surface area contributed by atoms with Gasteiger partial charge in [-0.2, -0.15) is 0 Å². The van der Waals surface area contributed by atoms with Crippen LogP contribution in [0.2, 0.25) is 0 Å². The number of rotatable bonds is 7. The van der Waals surface area contributed by atoms with Crippen molar-refractivity contribution in [1.82, 2.24) is 19.2 Å². The van der Waals surface area contributed by atoms with Gasteiger partial charge in [0.1, 0.15) is 5.82 Å². The summed E-state index contributed by atoms with van der Waals surface area (Å²) in [7, 11) is 0. The number of hydrogen-bond donors (Lipinski definition) is 0. The summed E-state index contributed by atoms with van der Waals surface area (Å²) in [6, 6.07) is 28.1. The highest BCUT2D eigenvalue weighted by Gasteiger charge is 2.18. The van der Waals surface area contributed by atoms with Crippen LogP contribution in [0.3, 0.4) is 0 Å². The molecule has 2 aromatic carbocycles. The molecular formula is C27H29N5O. The second-order valence-corrected chi connectivity index (χ2v) is 8.37. The molecule has 4 aromatic rings. The molecule has 0 amide bonds. The minimum absolute atomic E-state index is 0.0395. The quantitative estimate of drug-likeness (QED) is 0.438. The maximum absolute atomic E-state index is 13.0. The average Bonchev–Trinajstić information content (AvgIpc) is 3.22. The molecule has 2 aromatic heterocycles. The summed E-state index contributed by atoms with van der Waals surface area (Å²) in [6.45, 7) is 5.65. The van der Waals surface area contributed by atoms with E-state index in [1.54, 1.807) is 6.07 Å². The van der Waals surface area contributed by atoms with Crippen LogP contribution in [0.25, 0.3) is 16.9 Å². The van der Waals surface area contributed by atoms with Crippen LogP contribution in [0.1, 0.15) is 6.42 Å². The Morgan fingerprint density at radius 3 is 2.15 bits per heavy atom. The van der Waals surface area contributed by atoms with Crippen molar-refractivity contribution in [3.05, 3.63) is 101 Å². The van der Waals surface area contributed by atoms with Gasteiger partial charge in [-0.1, -0.05) is 54.6 Å². The minimum atomic E-state index is 0.0395. The molecule has 0 radical (unpaired) electrons. The molecule has 0 saturated carbocycles. The Balaban J connectivity index is 1.28. The molecule has 1 saturated heterocycles. The number of hydrogen-bond acceptors (Lipinski definition) is 4. The Bertz CT molecular complexity index is 1210. The van der Waals surface area contributed by atoms with Crippen LogP contribution in [0.4, 0.5) is 5.82 Å². The molecule has 3 heterocycles. The molecule has 1 fully saturated rings. The first-order valence-electron chi connectivity index (χ1n) is 11.6. The summed E-state index contributed by atoms with van der Waals surface area (Å²) in [5, 5.41) is 0. The Hall–Kier alpha value is -3.64. The van der Waals surface area contributed by atoms with E-state index in [0.29, 0.717) is 6.54 Å². The van der Waals surface area contributed by atoms with Gasteiger partial charge in [-0.25, -0.2) is 9.67 Å². The molecule has 0 aliphatic carbocycles. The van der Waals surface area contributed by atoms with Crippen molar-refractivity contribution in [2.45, 2.75) is 13.0 Å². The molecule has 33 heavy (non-hydrogen) atoms. The molecule has 0 spiro atoms. The van der Waals surface area contributed by atoms with Crippen LogP contribution < -0.4 is 10.5 Å². The molecule has 1 aliphatic rings. The van der Waals surface area contributed by atoms with Gasteiger partial charge in [-0.3, -0.25) is 14.4 Å². The third-order valence-electron chi connectivity index (χ3n) is 6.24. The van der Waals surface area contributed by atoms with E-state index < -0.39 is 0 Å². The van der Waals surface area contributed by atoms with Gasteiger partial charge >= 0.3 is 0 Å². The summed E-state index contributed by atoms with van der Waals surface area (Å²) in [5.74, 6) is 1.05. The fourth-order valence-electron chi connectivity index (χ4n) is 4.54. The van der Waals surface area contributed by atoms with Gasteiger partial charge in [0, 0.05) is 57.1 Å². The second-order valence-electron chi connectivity index (χ2n) is 8.37. The molecule has 6 heteroatoms. The first-order chi connectivity index (χ1) is 16.3. The molecule has 0 bridgehead atoms. The first-order valence-corrected chi connectivity index (χ1v) is 11.6. The molecule has 0 N–H and O–H groups in total. The summed E-state index contributed by atoms with van der Waals surface area (Å²) in [6.07, 6.45) is 2.78. The predicted octanol–water partition coefficient (Wildman–Crippen LogP) is 3.91. The lowest BCUT2D eigenvalue weighted by molar-refractivity contribution is 0.247. The number of para-hydroxylation sites is 1. The number of piperazine rings is 1. The van der Waals surface area contributed by atoms with Crippen molar-refractivity contribution < 1.29 is 0 Å². The second kappa shape index (κ2) is 9.88. The predicted molar refractivity (Wildman–Crippen MR) is 133 cm³/mol. The zero-order valence-corrected chi connectivity index (χ0v) is 18.8. The van der Waals surface area contributed by atoms with Crippen molar-refractivity contribution >= 4 is 5.82 Å². The average molecular weight is 440 g/mol. The number of nitrogens with zero attached hydrogens (tertiary/aromatic N) is 5. The third-order valence-corrected chi connectivity index (χ3v) is 6.24. The summed E-state index contributed by atoms with van der Waals surface area (Å²) in [5.41, 5.74) is 3.01. The summed E-state index contributed by atoms with van der Waals surface area (Å²) >= 11 is 0. The van der Waals surface area contributed by atoms with Crippen molar-refractivity contribution in [1.29, 1.82) is 0 Å². The molecule has 1 aliphatic heterocycles. The van der Waals surface area contributed by atoms with Crippen LogP contribution in [-0.4, -0.2) is 52.0 Å². The van der Waals surface area contributed by atoms with E-state index >= 15 is 0 Å². The van der Waals surface area contributed by atoms with Crippen LogP contribution in [-0.2, 0) is 6.54 Å². The van der Waals surface area contributed by atoms with Crippen LogP contribution in [0, 0.1) is 0 Å². The molecule has 6 nitrogen and oxygen atoms in total. The zero-order valence-electron chi connectivity index (χ0n) is 18.8. The van der Waals surface area contributed by atoms with E-state index in [4.69, 9.17) is 0 Å². The highest BCUT2D eigenvalue weighted by Crippen LogP contribution is 2.22. The smallest absolute Gasteiger partial charge is 0.267 e. The Kier molecular flexibility index (Phi) is 6.35. The Labute approximate surface area is 194 Å². The highest BCUT2D eigenvalue weighted by atomic mass is 16.1. The van der Waals surface area contributed by atoms with E-state index in [9.17, 15) is 4.79 Å². The van der Waals surface area contributed by atoms with E-state index in [-0.39, 0.29) is 5.56 Å². The van der Waals surface area contributed by atoms with Gasteiger partial charge in [0.05, 0.1) is 11.4 Å². The van der Waals surface area contributed by atoms with Gasteiger partial charge in [0.2, 0.25) is 0 Å². The van der Waals surface area contributed by atoms with Gasteiger partial charge in [0.15, 0.2) is 0 Å². The monoisotopic (exact) mass is 439 g/mol. The van der Waals surface area contributed by atoms with Crippen molar-refractivity contribution in [3.63, 3.8) is 0 Å². The van der Waals surface area contributed by atoms with Gasteiger partial charge in [0.25, 0.3) is 5.56 Å².